The van der Waals surface area contributed by atoms with E-state index in [0.717, 1.165) is 16.7 Å². The number of thioether (sulfide) groups is 1. The summed E-state index contributed by atoms with van der Waals surface area (Å²) in [5, 5.41) is 9.90. The predicted octanol–water partition coefficient (Wildman–Crippen LogP) is 7.32. The second-order valence-corrected chi connectivity index (χ2v) is 10.9. The Kier molecular flexibility index (Phi) is 9.07. The van der Waals surface area contributed by atoms with Crippen molar-refractivity contribution in [3.05, 3.63) is 105 Å². The topological polar surface area (TPSA) is 87.5 Å². The van der Waals surface area contributed by atoms with Gasteiger partial charge in [0.05, 0.1) is 19.3 Å². The summed E-state index contributed by atoms with van der Waals surface area (Å²) in [6.07, 6.45) is 0. The molecule has 2 heterocycles. The van der Waals surface area contributed by atoms with Crippen molar-refractivity contribution in [2.24, 2.45) is 0 Å². The van der Waals surface area contributed by atoms with E-state index in [1.807, 2.05) is 73.7 Å². The molecule has 0 amide bonds. The first-order valence-electron chi connectivity index (χ1n) is 12.9. The van der Waals surface area contributed by atoms with Gasteiger partial charge in [-0.3, -0.25) is 0 Å². The van der Waals surface area contributed by atoms with Crippen LogP contribution in [0.2, 0.25) is 10.0 Å². The minimum atomic E-state index is -0.605. The average molecular weight is 612 g/mol. The van der Waals surface area contributed by atoms with E-state index in [4.69, 9.17) is 47.5 Å². The zero-order valence-electron chi connectivity index (χ0n) is 22.7. The molecule has 5 rings (SSSR count). The molecule has 1 aliphatic rings. The van der Waals surface area contributed by atoms with Crippen molar-refractivity contribution >= 4 is 46.9 Å². The lowest BCUT2D eigenvalue weighted by Gasteiger charge is -2.28. The number of hydrogen-bond donors (Lipinski definition) is 1. The lowest BCUT2D eigenvalue weighted by atomic mass is 9.95. The van der Waals surface area contributed by atoms with Crippen LogP contribution in [-0.2, 0) is 21.9 Å². The fourth-order valence-electron chi connectivity index (χ4n) is 4.45. The largest absolute Gasteiger partial charge is 0.493 e. The fraction of sp³-hybridized carbons (Fsp3) is 0.233. The van der Waals surface area contributed by atoms with Crippen LogP contribution in [0.5, 0.6) is 11.5 Å². The van der Waals surface area contributed by atoms with Gasteiger partial charge in [-0.1, -0.05) is 71.4 Å². The lowest BCUT2D eigenvalue weighted by Crippen LogP contribution is -2.29. The van der Waals surface area contributed by atoms with E-state index in [0.29, 0.717) is 56.3 Å². The number of ether oxygens (including phenoxy) is 3. The van der Waals surface area contributed by atoms with Crippen LogP contribution < -0.4 is 14.8 Å². The Morgan fingerprint density at radius 1 is 1.07 bits per heavy atom. The van der Waals surface area contributed by atoms with Crippen molar-refractivity contribution < 1.29 is 19.0 Å². The zero-order chi connectivity index (χ0) is 28.9. The summed E-state index contributed by atoms with van der Waals surface area (Å²) >= 11 is 13.8. The number of carbonyl (C=O) groups is 1. The van der Waals surface area contributed by atoms with Crippen LogP contribution in [0, 0.1) is 0 Å². The number of benzene rings is 3. The van der Waals surface area contributed by atoms with E-state index >= 15 is 0 Å². The molecule has 0 spiro atoms. The number of anilines is 1. The lowest BCUT2D eigenvalue weighted by molar-refractivity contribution is -0.139. The summed E-state index contributed by atoms with van der Waals surface area (Å²) in [6.45, 7) is 4.19. The Morgan fingerprint density at radius 2 is 1.85 bits per heavy atom. The summed E-state index contributed by atoms with van der Waals surface area (Å²) in [4.78, 5) is 17.9. The van der Waals surface area contributed by atoms with E-state index in [1.165, 1.54) is 11.8 Å². The number of halogens is 2. The molecular weight excluding hydrogens is 583 g/mol. The number of nitrogens with one attached hydrogen (secondary N) is 1. The zero-order valence-corrected chi connectivity index (χ0v) is 25.0. The first kappa shape index (κ1) is 28.9. The molecule has 0 radical (unpaired) electrons. The summed E-state index contributed by atoms with van der Waals surface area (Å²) in [5.74, 6) is 1.76. The van der Waals surface area contributed by atoms with Crippen molar-refractivity contribution in [3.8, 4) is 11.5 Å². The second-order valence-electron chi connectivity index (χ2n) is 9.15. The van der Waals surface area contributed by atoms with Gasteiger partial charge in [0.25, 0.3) is 0 Å². The number of nitrogens with zero attached hydrogens (tertiary/aromatic N) is 3. The molecule has 1 aliphatic heterocycles. The molecule has 1 N–H and O–H groups in total. The van der Waals surface area contributed by atoms with Crippen LogP contribution in [0.4, 0.5) is 5.95 Å². The Morgan fingerprint density at radius 3 is 2.59 bits per heavy atom. The summed E-state index contributed by atoms with van der Waals surface area (Å²) in [7, 11) is 1.58. The monoisotopic (exact) mass is 610 g/mol. The Hall–Kier alpha value is -3.66. The molecule has 8 nitrogen and oxygen atoms in total. The van der Waals surface area contributed by atoms with Gasteiger partial charge in [-0.2, -0.15) is 4.98 Å². The molecule has 1 atom stereocenters. The fourth-order valence-corrected chi connectivity index (χ4v) is 5.69. The van der Waals surface area contributed by atoms with Crippen LogP contribution in [0.25, 0.3) is 0 Å². The first-order valence-corrected chi connectivity index (χ1v) is 14.6. The Labute approximate surface area is 252 Å². The average Bonchev–Trinajstić information content (AvgIpc) is 3.38. The highest BCUT2D eigenvalue weighted by molar-refractivity contribution is 7.98. The third-order valence-corrected chi connectivity index (χ3v) is 7.96. The maximum absolute atomic E-state index is 13.2. The Bertz CT molecular complexity index is 1590. The molecule has 41 heavy (non-hydrogen) atoms. The molecule has 3 aromatic carbocycles. The van der Waals surface area contributed by atoms with Gasteiger partial charge in [-0.25, -0.2) is 9.48 Å². The van der Waals surface area contributed by atoms with E-state index < -0.39 is 12.0 Å². The van der Waals surface area contributed by atoms with Crippen molar-refractivity contribution in [2.45, 2.75) is 37.4 Å². The van der Waals surface area contributed by atoms with Gasteiger partial charge in [-0.05, 0) is 60.9 Å². The van der Waals surface area contributed by atoms with Crippen LogP contribution in [0.3, 0.4) is 0 Å². The quantitative estimate of drug-likeness (QED) is 0.148. The van der Waals surface area contributed by atoms with Gasteiger partial charge in [-0.15, -0.1) is 5.10 Å². The van der Waals surface area contributed by atoms with Gasteiger partial charge in [0.15, 0.2) is 11.5 Å². The highest BCUT2D eigenvalue weighted by Crippen LogP contribution is 2.40. The molecule has 212 valence electrons. The second kappa shape index (κ2) is 12.9. The molecule has 0 bridgehead atoms. The van der Waals surface area contributed by atoms with E-state index in [1.54, 1.807) is 18.7 Å². The number of carbonyl (C=O) groups excluding carboxylic acids is 1. The molecule has 0 saturated heterocycles. The molecule has 0 aliphatic carbocycles. The third kappa shape index (κ3) is 6.48. The minimum absolute atomic E-state index is 0.242. The number of fused-ring (bicyclic) bond motifs is 1. The molecule has 0 saturated carbocycles. The van der Waals surface area contributed by atoms with Crippen LogP contribution >= 0.6 is 35.0 Å². The standard InChI is InChI=1S/C30H28Cl2N4O4S/c1-4-39-28(37)26-18(2)33-29-34-30(41-17-21-7-5-6-8-23(21)32)35-36(29)27(26)20-11-14-24(25(15-20)38-3)40-16-19-9-12-22(31)13-10-19/h5-15,27H,4,16-17H2,1-3H3,(H,33,34,35). The van der Waals surface area contributed by atoms with Gasteiger partial charge < -0.3 is 19.5 Å². The maximum Gasteiger partial charge on any atom is 0.338 e. The van der Waals surface area contributed by atoms with Gasteiger partial charge >= 0.3 is 5.97 Å². The number of aromatic nitrogens is 3. The highest BCUT2D eigenvalue weighted by Gasteiger charge is 2.35. The number of rotatable bonds is 10. The summed E-state index contributed by atoms with van der Waals surface area (Å²) < 4.78 is 18.9. The van der Waals surface area contributed by atoms with Crippen molar-refractivity contribution in [1.29, 1.82) is 0 Å². The van der Waals surface area contributed by atoms with Crippen LogP contribution in [-0.4, -0.2) is 34.5 Å². The van der Waals surface area contributed by atoms with Gasteiger partial charge in [0, 0.05) is 21.5 Å². The molecule has 4 aromatic rings. The predicted molar refractivity (Wildman–Crippen MR) is 161 cm³/mol. The molecule has 0 fully saturated rings. The molecular formula is C30H28Cl2N4O4S. The van der Waals surface area contributed by atoms with Crippen LogP contribution in [0.15, 0.2) is 83.2 Å². The third-order valence-electron chi connectivity index (χ3n) is 6.45. The molecule has 1 unspecified atom stereocenters. The maximum atomic E-state index is 13.2. The summed E-state index contributed by atoms with van der Waals surface area (Å²) in [5.41, 5.74) is 3.79. The van der Waals surface area contributed by atoms with E-state index in [-0.39, 0.29) is 6.61 Å². The van der Waals surface area contributed by atoms with E-state index in [9.17, 15) is 4.79 Å². The van der Waals surface area contributed by atoms with E-state index in [2.05, 4.69) is 5.32 Å². The number of allylic oxidation sites excluding steroid dienone is 1. The summed E-state index contributed by atoms with van der Waals surface area (Å²) in [6, 6.07) is 20.1. The van der Waals surface area contributed by atoms with Crippen molar-refractivity contribution in [2.75, 3.05) is 19.0 Å². The minimum Gasteiger partial charge on any atom is -0.493 e. The molecule has 11 heteroatoms. The highest BCUT2D eigenvalue weighted by atomic mass is 35.5. The number of hydrogen-bond acceptors (Lipinski definition) is 8. The van der Waals surface area contributed by atoms with Gasteiger partial charge in [0.2, 0.25) is 11.1 Å². The number of esters is 1. The SMILES string of the molecule is CCOC(=O)C1=C(C)Nc2nc(SCc3ccccc3Cl)nn2C1c1ccc(OCc2ccc(Cl)cc2)c(OC)c1. The van der Waals surface area contributed by atoms with Gasteiger partial charge in [0.1, 0.15) is 12.6 Å². The smallest absolute Gasteiger partial charge is 0.338 e. The van der Waals surface area contributed by atoms with Crippen molar-refractivity contribution in [3.63, 3.8) is 0 Å². The first-order chi connectivity index (χ1) is 19.9. The van der Waals surface area contributed by atoms with Crippen molar-refractivity contribution in [1.82, 2.24) is 14.8 Å². The Balaban J connectivity index is 1.47. The normalized spacial score (nSPS) is 14.3. The van der Waals surface area contributed by atoms with Crippen LogP contribution in [0.1, 0.15) is 36.6 Å². The number of methoxy groups -OCH3 is 1. The molecule has 1 aromatic heterocycles.